The smallest absolute Gasteiger partial charge is 0.234 e. The van der Waals surface area contributed by atoms with Crippen LogP contribution in [-0.4, -0.2) is 62.6 Å². The topological polar surface area (TPSA) is 91.1 Å². The van der Waals surface area contributed by atoms with Gasteiger partial charge in [0.25, 0.3) is 0 Å². The Balaban J connectivity index is 1.51. The molecule has 0 aromatic carbocycles. The van der Waals surface area contributed by atoms with Gasteiger partial charge in [-0.3, -0.25) is 19.7 Å². The Morgan fingerprint density at radius 2 is 2.09 bits per heavy atom. The molecule has 7 nitrogen and oxygen atoms in total. The summed E-state index contributed by atoms with van der Waals surface area (Å²) in [5.74, 6) is 1.67. The number of hydrogen-bond donors (Lipinski definition) is 2. The van der Waals surface area contributed by atoms with Gasteiger partial charge in [-0.2, -0.15) is 5.10 Å². The molecule has 1 unspecified atom stereocenters. The minimum Gasteiger partial charge on any atom is -0.368 e. The lowest BCUT2D eigenvalue weighted by Crippen LogP contribution is -2.50. The van der Waals surface area contributed by atoms with Gasteiger partial charge in [0.1, 0.15) is 11.6 Å². The first kappa shape index (κ1) is 15.4. The molecule has 2 saturated heterocycles. The molecule has 7 heteroatoms. The Labute approximate surface area is 131 Å². The predicted octanol–water partition coefficient (Wildman–Crippen LogP) is 0.281. The molecule has 1 atom stereocenters. The maximum atomic E-state index is 11.5. The first-order valence-corrected chi connectivity index (χ1v) is 8.35. The maximum Gasteiger partial charge on any atom is 0.234 e. The van der Waals surface area contributed by atoms with E-state index in [0.29, 0.717) is 6.04 Å². The number of aromatic amines is 1. The Hall–Kier alpha value is -1.47. The highest BCUT2D eigenvalue weighted by Gasteiger charge is 2.35. The molecular weight excluding hydrogens is 280 g/mol. The highest BCUT2D eigenvalue weighted by atomic mass is 16.1. The molecule has 122 valence electrons. The lowest BCUT2D eigenvalue weighted by atomic mass is 10.0. The van der Waals surface area contributed by atoms with Gasteiger partial charge in [-0.25, -0.2) is 4.98 Å². The molecule has 22 heavy (non-hydrogen) atoms. The van der Waals surface area contributed by atoms with E-state index in [9.17, 15) is 4.79 Å². The van der Waals surface area contributed by atoms with Crippen LogP contribution in [0.4, 0.5) is 0 Å². The number of hydrogen-bond acceptors (Lipinski definition) is 5. The largest absolute Gasteiger partial charge is 0.368 e. The Bertz CT molecular complexity index is 508. The minimum atomic E-state index is -0.159. The van der Waals surface area contributed by atoms with Crippen molar-refractivity contribution < 1.29 is 4.79 Å². The first-order valence-electron chi connectivity index (χ1n) is 8.35. The van der Waals surface area contributed by atoms with Gasteiger partial charge in [-0.1, -0.05) is 6.92 Å². The van der Waals surface area contributed by atoms with Crippen LogP contribution in [0.25, 0.3) is 0 Å². The van der Waals surface area contributed by atoms with Crippen molar-refractivity contribution in [3.8, 4) is 0 Å². The predicted molar refractivity (Wildman–Crippen MR) is 83.0 cm³/mol. The summed E-state index contributed by atoms with van der Waals surface area (Å²) >= 11 is 0. The highest BCUT2D eigenvalue weighted by molar-refractivity contribution is 5.80. The number of nitrogens with zero attached hydrogens (tertiary/aromatic N) is 4. The SMILES string of the molecule is CCc1n[nH]c(CN2CCC(N3CCCC3C(N)=O)CC2)n1. The average molecular weight is 306 g/mol. The van der Waals surface area contributed by atoms with Crippen molar-refractivity contribution in [2.45, 2.75) is 57.7 Å². The van der Waals surface area contributed by atoms with Gasteiger partial charge < -0.3 is 5.73 Å². The van der Waals surface area contributed by atoms with Crippen molar-refractivity contribution in [2.75, 3.05) is 19.6 Å². The molecule has 3 rings (SSSR count). The fraction of sp³-hybridized carbons (Fsp3) is 0.800. The number of carbonyl (C=O) groups excluding carboxylic acids is 1. The number of H-pyrrole nitrogens is 1. The Kier molecular flexibility index (Phi) is 4.73. The zero-order valence-corrected chi connectivity index (χ0v) is 13.3. The molecular formula is C15H26N6O. The van der Waals surface area contributed by atoms with Crippen molar-refractivity contribution in [3.63, 3.8) is 0 Å². The van der Waals surface area contributed by atoms with Gasteiger partial charge in [0.05, 0.1) is 12.6 Å². The normalized spacial score (nSPS) is 24.9. The highest BCUT2D eigenvalue weighted by Crippen LogP contribution is 2.26. The summed E-state index contributed by atoms with van der Waals surface area (Å²) in [7, 11) is 0. The lowest BCUT2D eigenvalue weighted by molar-refractivity contribution is -0.123. The lowest BCUT2D eigenvalue weighted by Gasteiger charge is -2.38. The maximum absolute atomic E-state index is 11.5. The molecule has 2 aliphatic heterocycles. The van der Waals surface area contributed by atoms with Crippen LogP contribution in [0.3, 0.4) is 0 Å². The summed E-state index contributed by atoms with van der Waals surface area (Å²) in [5, 5.41) is 7.20. The van der Waals surface area contributed by atoms with Gasteiger partial charge in [0.2, 0.25) is 5.91 Å². The van der Waals surface area contributed by atoms with Crippen LogP contribution in [0.15, 0.2) is 0 Å². The number of carbonyl (C=O) groups is 1. The number of primary amides is 1. The van der Waals surface area contributed by atoms with Crippen LogP contribution in [0.2, 0.25) is 0 Å². The zero-order valence-electron chi connectivity index (χ0n) is 13.3. The zero-order chi connectivity index (χ0) is 15.5. The van der Waals surface area contributed by atoms with Gasteiger partial charge in [-0.05, 0) is 32.2 Å². The standard InChI is InChI=1S/C15H26N6O/c1-2-13-17-14(19-18-13)10-20-8-5-11(6-9-20)21-7-3-4-12(21)15(16)22/h11-12H,2-10H2,1H3,(H2,16,22)(H,17,18,19). The van der Waals surface area contributed by atoms with E-state index >= 15 is 0 Å². The molecule has 0 radical (unpaired) electrons. The van der Waals surface area contributed by atoms with E-state index < -0.39 is 0 Å². The van der Waals surface area contributed by atoms with Crippen LogP contribution in [-0.2, 0) is 17.8 Å². The van der Waals surface area contributed by atoms with Gasteiger partial charge in [-0.15, -0.1) is 0 Å². The fourth-order valence-electron chi connectivity index (χ4n) is 3.72. The van der Waals surface area contributed by atoms with E-state index in [-0.39, 0.29) is 11.9 Å². The molecule has 1 aromatic heterocycles. The van der Waals surface area contributed by atoms with Crippen LogP contribution >= 0.6 is 0 Å². The monoisotopic (exact) mass is 306 g/mol. The third kappa shape index (κ3) is 3.30. The molecule has 0 saturated carbocycles. The second kappa shape index (κ2) is 6.75. The second-order valence-corrected chi connectivity index (χ2v) is 6.36. The summed E-state index contributed by atoms with van der Waals surface area (Å²) in [6, 6.07) is 0.454. The molecule has 0 spiro atoms. The van der Waals surface area contributed by atoms with Crippen molar-refractivity contribution >= 4 is 5.91 Å². The first-order chi connectivity index (χ1) is 10.7. The molecule has 3 N–H and O–H groups in total. The number of likely N-dealkylation sites (tertiary alicyclic amines) is 2. The number of nitrogens with two attached hydrogens (primary N) is 1. The van der Waals surface area contributed by atoms with Crippen molar-refractivity contribution in [3.05, 3.63) is 11.6 Å². The Morgan fingerprint density at radius 3 is 2.73 bits per heavy atom. The number of aromatic nitrogens is 3. The van der Waals surface area contributed by atoms with Crippen LogP contribution in [0.1, 0.15) is 44.3 Å². The van der Waals surface area contributed by atoms with Crippen molar-refractivity contribution in [1.29, 1.82) is 0 Å². The van der Waals surface area contributed by atoms with Crippen LogP contribution in [0.5, 0.6) is 0 Å². The van der Waals surface area contributed by atoms with Crippen molar-refractivity contribution in [1.82, 2.24) is 25.0 Å². The van der Waals surface area contributed by atoms with E-state index in [1.54, 1.807) is 0 Å². The summed E-state index contributed by atoms with van der Waals surface area (Å²) < 4.78 is 0. The van der Waals surface area contributed by atoms with Crippen molar-refractivity contribution in [2.24, 2.45) is 5.73 Å². The molecule has 2 fully saturated rings. The van der Waals surface area contributed by atoms with Gasteiger partial charge in [0, 0.05) is 25.6 Å². The number of aryl methyl sites for hydroxylation is 1. The summed E-state index contributed by atoms with van der Waals surface area (Å²) in [6.45, 7) is 5.98. The van der Waals surface area contributed by atoms with Gasteiger partial charge in [0.15, 0.2) is 0 Å². The molecule has 3 heterocycles. The van der Waals surface area contributed by atoms with E-state index in [1.807, 2.05) is 0 Å². The average Bonchev–Trinajstić information content (AvgIpc) is 3.16. The molecule has 1 aromatic rings. The summed E-state index contributed by atoms with van der Waals surface area (Å²) in [5.41, 5.74) is 5.53. The summed E-state index contributed by atoms with van der Waals surface area (Å²) in [4.78, 5) is 20.8. The second-order valence-electron chi connectivity index (χ2n) is 6.36. The van der Waals surface area contributed by atoms with E-state index in [4.69, 9.17) is 5.73 Å². The number of rotatable bonds is 5. The van der Waals surface area contributed by atoms with Crippen LogP contribution in [0, 0.1) is 0 Å². The quantitative estimate of drug-likeness (QED) is 0.815. The fourth-order valence-corrected chi connectivity index (χ4v) is 3.72. The number of nitrogens with one attached hydrogen (secondary N) is 1. The van der Waals surface area contributed by atoms with E-state index in [1.165, 1.54) is 0 Å². The number of piperidine rings is 1. The molecule has 2 aliphatic rings. The molecule has 0 aliphatic carbocycles. The molecule has 0 bridgehead atoms. The summed E-state index contributed by atoms with van der Waals surface area (Å²) in [6.07, 6.45) is 5.07. The van der Waals surface area contributed by atoms with Gasteiger partial charge >= 0.3 is 0 Å². The van der Waals surface area contributed by atoms with E-state index in [2.05, 4.69) is 31.9 Å². The van der Waals surface area contributed by atoms with Crippen LogP contribution < -0.4 is 5.73 Å². The molecule has 1 amide bonds. The Morgan fingerprint density at radius 1 is 1.32 bits per heavy atom. The third-order valence-electron chi connectivity index (χ3n) is 4.92. The number of amides is 1. The third-order valence-corrected chi connectivity index (χ3v) is 4.92. The van der Waals surface area contributed by atoms with E-state index in [0.717, 1.165) is 69.9 Å². The minimum absolute atomic E-state index is 0.0436.